The summed E-state index contributed by atoms with van der Waals surface area (Å²) in [7, 11) is -2.48. The molecular formula is C14H16FNO4S. The molecule has 1 atom stereocenters. The largest absolute Gasteiger partial charge is 0.494 e. The Kier molecular flexibility index (Phi) is 4.64. The Bertz CT molecular complexity index is 698. The summed E-state index contributed by atoms with van der Waals surface area (Å²) in [6.45, 7) is 1.71. The molecule has 2 aromatic rings. The minimum Gasteiger partial charge on any atom is -0.494 e. The molecule has 0 saturated carbocycles. The van der Waals surface area contributed by atoms with Crippen molar-refractivity contribution < 1.29 is 22.0 Å². The quantitative estimate of drug-likeness (QED) is 0.889. The maximum atomic E-state index is 13.6. The van der Waals surface area contributed by atoms with Crippen LogP contribution >= 0.6 is 0 Å². The molecule has 0 aliphatic heterocycles. The number of rotatable bonds is 6. The molecule has 1 aromatic carbocycles. The summed E-state index contributed by atoms with van der Waals surface area (Å²) in [6.07, 6.45) is 1.93. The third-order valence-electron chi connectivity index (χ3n) is 2.88. The fraction of sp³-hybridized carbons (Fsp3) is 0.286. The highest BCUT2D eigenvalue weighted by atomic mass is 32.2. The number of halogens is 1. The zero-order valence-electron chi connectivity index (χ0n) is 11.7. The van der Waals surface area contributed by atoms with Crippen LogP contribution in [-0.4, -0.2) is 21.6 Å². The van der Waals surface area contributed by atoms with Crippen LogP contribution in [0.15, 0.2) is 45.9 Å². The zero-order chi connectivity index (χ0) is 15.5. The molecule has 0 fully saturated rings. The molecule has 1 unspecified atom stereocenters. The third-order valence-corrected chi connectivity index (χ3v) is 4.46. The summed E-state index contributed by atoms with van der Waals surface area (Å²) in [6, 6.07) is 6.62. The SMILES string of the molecule is COc1ccc(S(=O)(=O)NC(C)Cc2ccco2)cc1F. The van der Waals surface area contributed by atoms with Crippen LogP contribution in [0.3, 0.4) is 0 Å². The van der Waals surface area contributed by atoms with Gasteiger partial charge in [-0.05, 0) is 37.3 Å². The molecule has 0 aliphatic rings. The Balaban J connectivity index is 2.12. The number of sulfonamides is 1. The average molecular weight is 313 g/mol. The molecule has 0 bridgehead atoms. The van der Waals surface area contributed by atoms with E-state index in [1.807, 2.05) is 0 Å². The van der Waals surface area contributed by atoms with Gasteiger partial charge in [-0.2, -0.15) is 0 Å². The number of furan rings is 1. The molecule has 0 radical (unpaired) electrons. The highest BCUT2D eigenvalue weighted by Gasteiger charge is 2.20. The molecule has 2 rings (SSSR count). The molecule has 1 heterocycles. The van der Waals surface area contributed by atoms with Crippen molar-refractivity contribution in [2.75, 3.05) is 7.11 Å². The van der Waals surface area contributed by atoms with Crippen LogP contribution in [0.5, 0.6) is 5.75 Å². The molecule has 5 nitrogen and oxygen atoms in total. The predicted molar refractivity (Wildman–Crippen MR) is 75.1 cm³/mol. The highest BCUT2D eigenvalue weighted by Crippen LogP contribution is 2.20. The van der Waals surface area contributed by atoms with E-state index in [0.717, 1.165) is 6.07 Å². The van der Waals surface area contributed by atoms with E-state index in [2.05, 4.69) is 4.72 Å². The smallest absolute Gasteiger partial charge is 0.240 e. The first-order valence-electron chi connectivity index (χ1n) is 6.30. The van der Waals surface area contributed by atoms with Crippen LogP contribution in [-0.2, 0) is 16.4 Å². The Morgan fingerprint density at radius 1 is 1.38 bits per heavy atom. The molecule has 21 heavy (non-hydrogen) atoms. The second-order valence-corrected chi connectivity index (χ2v) is 6.32. The number of methoxy groups -OCH3 is 1. The molecule has 1 N–H and O–H groups in total. The van der Waals surface area contributed by atoms with Gasteiger partial charge in [0.15, 0.2) is 11.6 Å². The van der Waals surface area contributed by atoms with E-state index in [1.54, 1.807) is 19.1 Å². The Labute approximate surface area is 122 Å². The van der Waals surface area contributed by atoms with Gasteiger partial charge in [-0.3, -0.25) is 0 Å². The van der Waals surface area contributed by atoms with Crippen molar-refractivity contribution in [2.45, 2.75) is 24.3 Å². The van der Waals surface area contributed by atoms with Gasteiger partial charge < -0.3 is 9.15 Å². The van der Waals surface area contributed by atoms with Crippen molar-refractivity contribution in [1.29, 1.82) is 0 Å². The third kappa shape index (κ3) is 3.83. The molecule has 0 amide bonds. The van der Waals surface area contributed by atoms with Gasteiger partial charge in [-0.15, -0.1) is 0 Å². The minimum atomic E-state index is -3.80. The summed E-state index contributed by atoms with van der Waals surface area (Å²) >= 11 is 0. The molecule has 1 aromatic heterocycles. The Morgan fingerprint density at radius 3 is 2.71 bits per heavy atom. The van der Waals surface area contributed by atoms with Gasteiger partial charge in [-0.25, -0.2) is 17.5 Å². The van der Waals surface area contributed by atoms with E-state index in [9.17, 15) is 12.8 Å². The van der Waals surface area contributed by atoms with E-state index >= 15 is 0 Å². The van der Waals surface area contributed by atoms with E-state index in [1.165, 1.54) is 25.5 Å². The van der Waals surface area contributed by atoms with Gasteiger partial charge in [0.05, 0.1) is 18.3 Å². The topological polar surface area (TPSA) is 68.5 Å². The summed E-state index contributed by atoms with van der Waals surface area (Å²) in [5.41, 5.74) is 0. The lowest BCUT2D eigenvalue weighted by Crippen LogP contribution is -2.34. The number of ether oxygens (including phenoxy) is 1. The molecule has 7 heteroatoms. The highest BCUT2D eigenvalue weighted by molar-refractivity contribution is 7.89. The van der Waals surface area contributed by atoms with E-state index in [4.69, 9.17) is 9.15 Å². The van der Waals surface area contributed by atoms with Crippen molar-refractivity contribution in [3.63, 3.8) is 0 Å². The minimum absolute atomic E-state index is 0.00224. The molecule has 0 spiro atoms. The summed E-state index contributed by atoms with van der Waals surface area (Å²) in [5.74, 6) is -0.0530. The standard InChI is InChI=1S/C14H16FNO4S/c1-10(8-11-4-3-7-20-11)16-21(17,18)12-5-6-14(19-2)13(15)9-12/h3-7,9-10,16H,8H2,1-2H3. The summed E-state index contributed by atoms with van der Waals surface area (Å²) in [4.78, 5) is -0.146. The summed E-state index contributed by atoms with van der Waals surface area (Å²) in [5, 5.41) is 0. The molecular weight excluding hydrogens is 297 g/mol. The fourth-order valence-electron chi connectivity index (χ4n) is 1.92. The van der Waals surface area contributed by atoms with Gasteiger partial charge in [0.1, 0.15) is 5.76 Å². The van der Waals surface area contributed by atoms with Crippen LogP contribution in [0.1, 0.15) is 12.7 Å². The monoisotopic (exact) mass is 313 g/mol. The van der Waals surface area contributed by atoms with Gasteiger partial charge in [0.2, 0.25) is 10.0 Å². The van der Waals surface area contributed by atoms with Crippen LogP contribution < -0.4 is 9.46 Å². The van der Waals surface area contributed by atoms with Gasteiger partial charge in [0, 0.05) is 12.5 Å². The van der Waals surface area contributed by atoms with Crippen molar-refractivity contribution in [1.82, 2.24) is 4.72 Å². The zero-order valence-corrected chi connectivity index (χ0v) is 12.5. The van der Waals surface area contributed by atoms with Crippen molar-refractivity contribution >= 4 is 10.0 Å². The number of benzene rings is 1. The van der Waals surface area contributed by atoms with Crippen LogP contribution in [0, 0.1) is 5.82 Å². The number of nitrogens with one attached hydrogen (secondary N) is 1. The van der Waals surface area contributed by atoms with Gasteiger partial charge in [-0.1, -0.05) is 0 Å². The lowest BCUT2D eigenvalue weighted by molar-refractivity contribution is 0.385. The van der Waals surface area contributed by atoms with Crippen molar-refractivity contribution in [3.8, 4) is 5.75 Å². The predicted octanol–water partition coefficient (Wildman–Crippen LogP) is 2.34. The van der Waals surface area contributed by atoms with Crippen LogP contribution in [0.25, 0.3) is 0 Å². The number of hydrogen-bond acceptors (Lipinski definition) is 4. The Hall–Kier alpha value is -1.86. The lowest BCUT2D eigenvalue weighted by Gasteiger charge is -2.13. The van der Waals surface area contributed by atoms with Crippen LogP contribution in [0.4, 0.5) is 4.39 Å². The second-order valence-electron chi connectivity index (χ2n) is 4.60. The van der Waals surface area contributed by atoms with Crippen LogP contribution in [0.2, 0.25) is 0 Å². The van der Waals surface area contributed by atoms with Crippen molar-refractivity contribution in [3.05, 3.63) is 48.2 Å². The lowest BCUT2D eigenvalue weighted by atomic mass is 10.2. The summed E-state index contributed by atoms with van der Waals surface area (Å²) < 4.78 is 50.3. The average Bonchev–Trinajstić information content (AvgIpc) is 2.90. The van der Waals surface area contributed by atoms with E-state index in [-0.39, 0.29) is 16.7 Å². The van der Waals surface area contributed by atoms with Gasteiger partial charge >= 0.3 is 0 Å². The molecule has 0 saturated heterocycles. The molecule has 114 valence electrons. The fourth-order valence-corrected chi connectivity index (χ4v) is 3.17. The number of hydrogen-bond donors (Lipinski definition) is 1. The molecule has 0 aliphatic carbocycles. The first kappa shape index (κ1) is 15.5. The Morgan fingerprint density at radius 2 is 2.14 bits per heavy atom. The maximum absolute atomic E-state index is 13.6. The maximum Gasteiger partial charge on any atom is 0.240 e. The van der Waals surface area contributed by atoms with E-state index < -0.39 is 15.8 Å². The second kappa shape index (κ2) is 6.28. The normalized spacial score (nSPS) is 13.1. The van der Waals surface area contributed by atoms with Gasteiger partial charge in [0.25, 0.3) is 0 Å². The first-order valence-corrected chi connectivity index (χ1v) is 7.79. The van der Waals surface area contributed by atoms with Crippen molar-refractivity contribution in [2.24, 2.45) is 0 Å². The first-order chi connectivity index (χ1) is 9.92. The van der Waals surface area contributed by atoms with E-state index in [0.29, 0.717) is 12.2 Å².